The van der Waals surface area contributed by atoms with Crippen molar-refractivity contribution in [1.82, 2.24) is 19.2 Å². The highest BCUT2D eigenvalue weighted by Crippen LogP contribution is 2.36. The van der Waals surface area contributed by atoms with E-state index in [0.717, 1.165) is 44.3 Å². The van der Waals surface area contributed by atoms with Crippen LogP contribution in [0.2, 0.25) is 0 Å². The summed E-state index contributed by atoms with van der Waals surface area (Å²) in [4.78, 5) is 27.3. The molecule has 1 N–H and O–H groups in total. The van der Waals surface area contributed by atoms with E-state index >= 15 is 0 Å². The van der Waals surface area contributed by atoms with E-state index in [9.17, 15) is 9.59 Å². The second-order valence-electron chi connectivity index (χ2n) is 8.31. The van der Waals surface area contributed by atoms with Crippen LogP contribution in [-0.2, 0) is 7.05 Å². The number of ether oxygens (including phenoxy) is 2. The highest BCUT2D eigenvalue weighted by atomic mass is 16.5. The zero-order valence-electron chi connectivity index (χ0n) is 18.5. The molecule has 0 unspecified atom stereocenters. The molecule has 0 bridgehead atoms. The Balaban J connectivity index is 1.43. The van der Waals surface area contributed by atoms with Gasteiger partial charge in [0.1, 0.15) is 5.82 Å². The first kappa shape index (κ1) is 21.3. The van der Waals surface area contributed by atoms with Crippen molar-refractivity contribution in [1.29, 1.82) is 0 Å². The maximum Gasteiger partial charge on any atom is 0.345 e. The number of carbonyl (C=O) groups excluding carboxylic acids is 1. The number of likely N-dealkylation sites (tertiary alicyclic amines) is 1. The third-order valence-corrected chi connectivity index (χ3v) is 6.46. The van der Waals surface area contributed by atoms with Crippen LogP contribution < -0.4 is 20.5 Å². The Kier molecular flexibility index (Phi) is 6.20. The molecule has 2 heterocycles. The normalized spacial score (nSPS) is 17.7. The highest BCUT2D eigenvalue weighted by Gasteiger charge is 2.31. The number of amides is 2. The summed E-state index contributed by atoms with van der Waals surface area (Å²) in [5.74, 6) is 2.14. The number of rotatable bonds is 5. The lowest BCUT2D eigenvalue weighted by molar-refractivity contribution is 0.192. The van der Waals surface area contributed by atoms with Crippen molar-refractivity contribution < 1.29 is 14.3 Å². The SMILES string of the molecule is COc1cccc(NC(=O)N2CCC(c3nn(C)c(=O)n3C3CCCC3)CC2)c1OC. The number of nitrogens with zero attached hydrogens (tertiary/aromatic N) is 4. The zero-order chi connectivity index (χ0) is 22.0. The van der Waals surface area contributed by atoms with Crippen LogP contribution >= 0.6 is 0 Å². The van der Waals surface area contributed by atoms with Gasteiger partial charge in [0.25, 0.3) is 0 Å². The van der Waals surface area contributed by atoms with Gasteiger partial charge in [-0.1, -0.05) is 18.9 Å². The highest BCUT2D eigenvalue weighted by molar-refractivity contribution is 5.91. The molecule has 1 aromatic heterocycles. The minimum absolute atomic E-state index is 0.0211. The number of urea groups is 1. The second-order valence-corrected chi connectivity index (χ2v) is 8.31. The molecule has 9 heteroatoms. The molecule has 2 aromatic rings. The van der Waals surface area contributed by atoms with E-state index in [1.807, 2.05) is 10.6 Å². The standard InChI is InChI=1S/C22H31N5O4/c1-25-22(29)27(16-7-4-5-8-16)20(24-25)15-11-13-26(14-12-15)21(28)23-17-9-6-10-18(30-2)19(17)31-3/h6,9-10,15-16H,4-5,7-8,11-14H2,1-3H3,(H,23,28). The molecule has 1 aliphatic carbocycles. The number of methoxy groups -OCH3 is 2. The maximum atomic E-state index is 12.9. The molecular weight excluding hydrogens is 398 g/mol. The van der Waals surface area contributed by atoms with E-state index in [1.165, 1.54) is 4.68 Å². The van der Waals surface area contributed by atoms with Gasteiger partial charge in [-0.2, -0.15) is 5.10 Å². The van der Waals surface area contributed by atoms with E-state index in [2.05, 4.69) is 10.4 Å². The molecule has 4 rings (SSSR count). The minimum atomic E-state index is -0.167. The number of para-hydroxylation sites is 1. The van der Waals surface area contributed by atoms with Crippen LogP contribution in [0.5, 0.6) is 11.5 Å². The van der Waals surface area contributed by atoms with Crippen LogP contribution in [0.15, 0.2) is 23.0 Å². The van der Waals surface area contributed by atoms with Crippen molar-refractivity contribution in [3.63, 3.8) is 0 Å². The third-order valence-electron chi connectivity index (χ3n) is 6.46. The van der Waals surface area contributed by atoms with Crippen molar-refractivity contribution in [2.24, 2.45) is 7.05 Å². The van der Waals surface area contributed by atoms with Gasteiger partial charge in [-0.15, -0.1) is 0 Å². The second kappa shape index (κ2) is 9.03. The lowest BCUT2D eigenvalue weighted by atomic mass is 9.95. The fourth-order valence-electron chi connectivity index (χ4n) is 4.80. The van der Waals surface area contributed by atoms with E-state index < -0.39 is 0 Å². The van der Waals surface area contributed by atoms with Gasteiger partial charge in [0.05, 0.1) is 19.9 Å². The summed E-state index contributed by atoms with van der Waals surface area (Å²) in [6, 6.07) is 5.49. The molecule has 1 saturated heterocycles. The molecule has 1 saturated carbocycles. The molecule has 0 atom stereocenters. The summed E-state index contributed by atoms with van der Waals surface area (Å²) in [5, 5.41) is 7.51. The Labute approximate surface area is 181 Å². The Morgan fingerprint density at radius 2 is 1.81 bits per heavy atom. The molecule has 9 nitrogen and oxygen atoms in total. The molecule has 0 spiro atoms. The van der Waals surface area contributed by atoms with Gasteiger partial charge in [0.2, 0.25) is 0 Å². The smallest absolute Gasteiger partial charge is 0.345 e. The molecule has 168 valence electrons. The number of carbonyl (C=O) groups is 1. The number of benzene rings is 1. The largest absolute Gasteiger partial charge is 0.493 e. The first-order chi connectivity index (χ1) is 15.0. The molecule has 2 amide bonds. The maximum absolute atomic E-state index is 12.9. The fraction of sp³-hybridized carbons (Fsp3) is 0.591. The van der Waals surface area contributed by atoms with Crippen LogP contribution in [0.3, 0.4) is 0 Å². The molecule has 2 aliphatic rings. The summed E-state index contributed by atoms with van der Waals surface area (Å²) in [7, 11) is 4.84. The Morgan fingerprint density at radius 3 is 2.45 bits per heavy atom. The quantitative estimate of drug-likeness (QED) is 0.789. The molecular formula is C22H31N5O4. The summed E-state index contributed by atoms with van der Waals surface area (Å²) >= 11 is 0. The summed E-state index contributed by atoms with van der Waals surface area (Å²) in [6.07, 6.45) is 5.98. The Hall–Kier alpha value is -2.97. The van der Waals surface area contributed by atoms with Crippen molar-refractivity contribution in [3.05, 3.63) is 34.5 Å². The van der Waals surface area contributed by atoms with E-state index in [4.69, 9.17) is 9.47 Å². The van der Waals surface area contributed by atoms with Crippen molar-refractivity contribution in [2.75, 3.05) is 32.6 Å². The van der Waals surface area contributed by atoms with Crippen LogP contribution in [0.25, 0.3) is 0 Å². The number of anilines is 1. The van der Waals surface area contributed by atoms with Crippen molar-refractivity contribution in [3.8, 4) is 11.5 Å². The van der Waals surface area contributed by atoms with Gasteiger partial charge in [-0.05, 0) is 37.8 Å². The first-order valence-corrected chi connectivity index (χ1v) is 11.0. The lowest BCUT2D eigenvalue weighted by Crippen LogP contribution is -2.41. The average Bonchev–Trinajstić information content (AvgIpc) is 3.41. The van der Waals surface area contributed by atoms with Gasteiger partial charge in [0, 0.05) is 32.1 Å². The van der Waals surface area contributed by atoms with Gasteiger partial charge in [-0.25, -0.2) is 14.3 Å². The average molecular weight is 430 g/mol. The van der Waals surface area contributed by atoms with Gasteiger partial charge >= 0.3 is 11.7 Å². The molecule has 0 radical (unpaired) electrons. The van der Waals surface area contributed by atoms with E-state index in [1.54, 1.807) is 38.3 Å². The monoisotopic (exact) mass is 429 g/mol. The van der Waals surface area contributed by atoms with Crippen LogP contribution in [0.4, 0.5) is 10.5 Å². The third kappa shape index (κ3) is 4.13. The summed E-state index contributed by atoms with van der Waals surface area (Å²) < 4.78 is 14.1. The number of hydrogen-bond donors (Lipinski definition) is 1. The molecule has 2 fully saturated rings. The first-order valence-electron chi connectivity index (χ1n) is 11.0. The van der Waals surface area contributed by atoms with Crippen LogP contribution in [0.1, 0.15) is 56.3 Å². The van der Waals surface area contributed by atoms with Gasteiger partial charge in [0.15, 0.2) is 11.5 Å². The predicted molar refractivity (Wildman–Crippen MR) is 117 cm³/mol. The number of hydrogen-bond acceptors (Lipinski definition) is 5. The van der Waals surface area contributed by atoms with Gasteiger partial charge < -0.3 is 19.7 Å². The van der Waals surface area contributed by atoms with E-state index in [0.29, 0.717) is 30.3 Å². The fourth-order valence-corrected chi connectivity index (χ4v) is 4.80. The zero-order valence-corrected chi connectivity index (χ0v) is 18.5. The van der Waals surface area contributed by atoms with Crippen LogP contribution in [-0.4, -0.2) is 52.6 Å². The minimum Gasteiger partial charge on any atom is -0.493 e. The number of aromatic nitrogens is 3. The number of piperidine rings is 1. The van der Waals surface area contributed by atoms with Gasteiger partial charge in [-0.3, -0.25) is 4.57 Å². The summed E-state index contributed by atoms with van der Waals surface area (Å²) in [6.45, 7) is 1.22. The number of nitrogens with one attached hydrogen (secondary N) is 1. The molecule has 1 aliphatic heterocycles. The Bertz CT molecular complexity index is 984. The number of aryl methyl sites for hydroxylation is 1. The van der Waals surface area contributed by atoms with E-state index in [-0.39, 0.29) is 23.7 Å². The predicted octanol–water partition coefficient (Wildman–Crippen LogP) is 3.13. The lowest BCUT2D eigenvalue weighted by Gasteiger charge is -2.32. The molecule has 31 heavy (non-hydrogen) atoms. The summed E-state index contributed by atoms with van der Waals surface area (Å²) in [5.41, 5.74) is 0.556. The van der Waals surface area contributed by atoms with Crippen LogP contribution in [0, 0.1) is 0 Å². The topological polar surface area (TPSA) is 90.6 Å². The van der Waals surface area contributed by atoms with Crippen molar-refractivity contribution >= 4 is 11.7 Å². The Morgan fingerprint density at radius 1 is 1.10 bits per heavy atom. The van der Waals surface area contributed by atoms with Crippen molar-refractivity contribution in [2.45, 2.75) is 50.5 Å². The molecule has 1 aromatic carbocycles.